The Morgan fingerprint density at radius 1 is 0.500 bits per heavy atom. The first-order valence-corrected chi connectivity index (χ1v) is 8.03. The van der Waals surface area contributed by atoms with Crippen LogP contribution in [-0.2, 0) is 0 Å². The number of benzene rings is 2. The van der Waals surface area contributed by atoms with Crippen LogP contribution in [0, 0.1) is 0 Å². The highest BCUT2D eigenvalue weighted by molar-refractivity contribution is 5.85. The molecule has 0 atom stereocenters. The number of hydrogen-bond donors (Lipinski definition) is 0. The Morgan fingerprint density at radius 2 is 0.750 bits per heavy atom. The minimum atomic E-state index is 0.385. The molecule has 28 heavy (non-hydrogen) atoms. The van der Waals surface area contributed by atoms with Gasteiger partial charge in [0.05, 0.1) is 53.8 Å². The van der Waals surface area contributed by atoms with E-state index in [-0.39, 0.29) is 0 Å². The van der Waals surface area contributed by atoms with Crippen LogP contribution in [0.25, 0.3) is 0 Å². The van der Waals surface area contributed by atoms with Crippen LogP contribution >= 0.6 is 0 Å². The molecular formula is C20H24O8. The van der Waals surface area contributed by atoms with Gasteiger partial charge >= 0.3 is 0 Å². The van der Waals surface area contributed by atoms with Gasteiger partial charge in [0.1, 0.15) is 34.5 Å². The minimum Gasteiger partial charge on any atom is -0.496 e. The smallest absolute Gasteiger partial charge is 0.157 e. The van der Waals surface area contributed by atoms with E-state index < -0.39 is 0 Å². The lowest BCUT2D eigenvalue weighted by Crippen LogP contribution is -1.96. The molecule has 0 saturated carbocycles. The Kier molecular flexibility index (Phi) is 9.15. The zero-order valence-electron chi connectivity index (χ0n) is 16.7. The highest BCUT2D eigenvalue weighted by Crippen LogP contribution is 2.33. The molecule has 2 aromatic rings. The lowest BCUT2D eigenvalue weighted by Gasteiger charge is -2.10. The Hall–Kier alpha value is -3.42. The summed E-state index contributed by atoms with van der Waals surface area (Å²) in [5.74, 6) is 2.94. The van der Waals surface area contributed by atoms with Crippen molar-refractivity contribution in [1.29, 1.82) is 0 Å². The monoisotopic (exact) mass is 392 g/mol. The van der Waals surface area contributed by atoms with E-state index in [4.69, 9.17) is 28.4 Å². The largest absolute Gasteiger partial charge is 0.496 e. The van der Waals surface area contributed by atoms with E-state index in [1.807, 2.05) is 0 Å². The third-order valence-corrected chi connectivity index (χ3v) is 3.74. The maximum atomic E-state index is 10.8. The SMILES string of the molecule is COc1cc(OC)c(C=O)c(OC)c1.COc1cc(OC)c(C=O)c(OC)c1. The van der Waals surface area contributed by atoms with Gasteiger partial charge in [-0.2, -0.15) is 0 Å². The van der Waals surface area contributed by atoms with Crippen molar-refractivity contribution in [2.45, 2.75) is 0 Å². The molecule has 152 valence electrons. The molecule has 0 fully saturated rings. The predicted octanol–water partition coefficient (Wildman–Crippen LogP) is 3.05. The maximum Gasteiger partial charge on any atom is 0.157 e. The van der Waals surface area contributed by atoms with E-state index in [0.717, 1.165) is 0 Å². The quantitative estimate of drug-likeness (QED) is 0.633. The molecule has 0 radical (unpaired) electrons. The Balaban J connectivity index is 0.000000280. The van der Waals surface area contributed by atoms with E-state index in [1.165, 1.54) is 42.7 Å². The summed E-state index contributed by atoms with van der Waals surface area (Å²) in [4.78, 5) is 21.5. The summed E-state index contributed by atoms with van der Waals surface area (Å²) in [6, 6.07) is 6.52. The zero-order chi connectivity index (χ0) is 21.1. The van der Waals surface area contributed by atoms with Crippen LogP contribution in [0.1, 0.15) is 20.7 Å². The molecule has 0 aliphatic carbocycles. The molecular weight excluding hydrogens is 368 g/mol. The van der Waals surface area contributed by atoms with Gasteiger partial charge in [-0.05, 0) is 0 Å². The van der Waals surface area contributed by atoms with Crippen LogP contribution in [0.4, 0.5) is 0 Å². The normalized spacial score (nSPS) is 9.36. The van der Waals surface area contributed by atoms with E-state index in [9.17, 15) is 9.59 Å². The molecule has 0 aromatic heterocycles. The van der Waals surface area contributed by atoms with Gasteiger partial charge in [0, 0.05) is 24.3 Å². The van der Waals surface area contributed by atoms with Crippen molar-refractivity contribution in [2.75, 3.05) is 42.7 Å². The highest BCUT2D eigenvalue weighted by Gasteiger charge is 2.12. The second-order valence-corrected chi connectivity index (χ2v) is 5.13. The summed E-state index contributed by atoms with van der Waals surface area (Å²) in [5.41, 5.74) is 0.770. The highest BCUT2D eigenvalue weighted by atomic mass is 16.5. The molecule has 8 heteroatoms. The average molecular weight is 392 g/mol. The number of ether oxygens (including phenoxy) is 6. The number of aldehydes is 2. The van der Waals surface area contributed by atoms with Crippen molar-refractivity contribution in [2.24, 2.45) is 0 Å². The van der Waals surface area contributed by atoms with Crippen molar-refractivity contribution >= 4 is 12.6 Å². The molecule has 2 aromatic carbocycles. The Morgan fingerprint density at radius 3 is 0.893 bits per heavy atom. The Bertz CT molecular complexity index is 683. The lowest BCUT2D eigenvalue weighted by atomic mass is 10.2. The first-order chi connectivity index (χ1) is 13.5. The second-order valence-electron chi connectivity index (χ2n) is 5.13. The fourth-order valence-electron chi connectivity index (χ4n) is 2.30. The fourth-order valence-corrected chi connectivity index (χ4v) is 2.30. The molecule has 0 unspecified atom stereocenters. The summed E-state index contributed by atoms with van der Waals surface area (Å²) in [7, 11) is 9.02. The van der Waals surface area contributed by atoms with Crippen molar-refractivity contribution in [3.8, 4) is 34.5 Å². The number of rotatable bonds is 8. The van der Waals surface area contributed by atoms with E-state index in [0.29, 0.717) is 58.2 Å². The second kappa shape index (κ2) is 11.3. The Labute approximate surface area is 163 Å². The summed E-state index contributed by atoms with van der Waals surface area (Å²) in [6.45, 7) is 0. The third-order valence-electron chi connectivity index (χ3n) is 3.74. The molecule has 0 amide bonds. The molecule has 0 saturated heterocycles. The van der Waals surface area contributed by atoms with Crippen LogP contribution in [-0.4, -0.2) is 55.2 Å². The van der Waals surface area contributed by atoms with Crippen molar-refractivity contribution in [3.63, 3.8) is 0 Å². The molecule has 0 N–H and O–H groups in total. The molecule has 8 nitrogen and oxygen atoms in total. The number of methoxy groups -OCH3 is 6. The summed E-state index contributed by atoms with van der Waals surface area (Å²) in [6.07, 6.45) is 1.38. The van der Waals surface area contributed by atoms with Crippen LogP contribution in [0.15, 0.2) is 24.3 Å². The van der Waals surface area contributed by atoms with E-state index in [1.54, 1.807) is 24.3 Å². The van der Waals surface area contributed by atoms with Crippen molar-refractivity contribution < 1.29 is 38.0 Å². The van der Waals surface area contributed by atoms with Gasteiger partial charge in [-0.25, -0.2) is 0 Å². The molecule has 0 bridgehead atoms. The maximum absolute atomic E-state index is 10.8. The molecule has 2 rings (SSSR count). The zero-order valence-corrected chi connectivity index (χ0v) is 16.7. The first-order valence-electron chi connectivity index (χ1n) is 8.03. The first kappa shape index (κ1) is 22.6. The van der Waals surface area contributed by atoms with Gasteiger partial charge in [-0.3, -0.25) is 9.59 Å². The van der Waals surface area contributed by atoms with Crippen molar-refractivity contribution in [3.05, 3.63) is 35.4 Å². The summed E-state index contributed by atoms with van der Waals surface area (Å²) >= 11 is 0. The fraction of sp³-hybridized carbons (Fsp3) is 0.300. The number of carbonyl (C=O) groups excluding carboxylic acids is 2. The van der Waals surface area contributed by atoms with Crippen molar-refractivity contribution in [1.82, 2.24) is 0 Å². The van der Waals surface area contributed by atoms with Crippen LogP contribution in [0.5, 0.6) is 34.5 Å². The molecule has 0 heterocycles. The molecule has 0 spiro atoms. The van der Waals surface area contributed by atoms with E-state index in [2.05, 4.69) is 0 Å². The van der Waals surface area contributed by atoms with Gasteiger partial charge in [-0.15, -0.1) is 0 Å². The van der Waals surface area contributed by atoms with Gasteiger partial charge < -0.3 is 28.4 Å². The molecule has 0 aliphatic rings. The van der Waals surface area contributed by atoms with Crippen LogP contribution in [0.2, 0.25) is 0 Å². The van der Waals surface area contributed by atoms with Gasteiger partial charge in [0.15, 0.2) is 12.6 Å². The van der Waals surface area contributed by atoms with Crippen LogP contribution < -0.4 is 28.4 Å². The minimum absolute atomic E-state index is 0.385. The topological polar surface area (TPSA) is 89.5 Å². The number of carbonyl (C=O) groups is 2. The number of hydrogen-bond acceptors (Lipinski definition) is 8. The third kappa shape index (κ3) is 5.29. The summed E-state index contributed by atoms with van der Waals surface area (Å²) < 4.78 is 30.2. The lowest BCUT2D eigenvalue weighted by molar-refractivity contribution is 0.110. The standard InChI is InChI=1S/2C10H12O4/c2*1-12-7-4-9(13-2)8(6-11)10(5-7)14-3/h2*4-6H,1-3H3. The van der Waals surface area contributed by atoms with Gasteiger partial charge in [0.2, 0.25) is 0 Å². The van der Waals surface area contributed by atoms with Crippen LogP contribution in [0.3, 0.4) is 0 Å². The molecule has 0 aliphatic heterocycles. The van der Waals surface area contributed by atoms with Gasteiger partial charge in [0.25, 0.3) is 0 Å². The van der Waals surface area contributed by atoms with Gasteiger partial charge in [-0.1, -0.05) is 0 Å². The predicted molar refractivity (Wildman–Crippen MR) is 103 cm³/mol. The van der Waals surface area contributed by atoms with E-state index >= 15 is 0 Å². The summed E-state index contributed by atoms with van der Waals surface area (Å²) in [5, 5.41) is 0. The average Bonchev–Trinajstić information content (AvgIpc) is 2.76.